The molecule has 0 spiro atoms. The second kappa shape index (κ2) is 8.70. The molecule has 0 radical (unpaired) electrons. The number of anilines is 2. The molecule has 158 valence electrons. The first-order valence-electron chi connectivity index (χ1n) is 9.70. The van der Waals surface area contributed by atoms with Crippen molar-refractivity contribution < 1.29 is 19.4 Å². The summed E-state index contributed by atoms with van der Waals surface area (Å²) in [5.41, 5.74) is 2.82. The van der Waals surface area contributed by atoms with Crippen LogP contribution in [0, 0.1) is 0 Å². The van der Waals surface area contributed by atoms with Crippen LogP contribution in [0.5, 0.6) is 5.75 Å². The van der Waals surface area contributed by atoms with Gasteiger partial charge in [-0.1, -0.05) is 42.5 Å². The average Bonchev–Trinajstić information content (AvgIpc) is 3.20. The number of carboxylic acid groups (broad SMARTS) is 1. The molecule has 2 aromatic carbocycles. The number of ether oxygens (including phenoxy) is 1. The van der Waals surface area contributed by atoms with Gasteiger partial charge >= 0.3 is 5.97 Å². The molecule has 9 nitrogen and oxygen atoms in total. The molecule has 1 aliphatic heterocycles. The van der Waals surface area contributed by atoms with Crippen molar-refractivity contribution in [3.63, 3.8) is 0 Å². The first kappa shape index (κ1) is 20.1. The number of carbonyl (C=O) groups is 2. The molecule has 0 bridgehead atoms. The van der Waals surface area contributed by atoms with E-state index in [2.05, 4.69) is 20.7 Å². The number of hydrogen-bond donors (Lipinski definition) is 3. The third-order valence-electron chi connectivity index (χ3n) is 4.83. The number of aliphatic carboxylic acids is 1. The van der Waals surface area contributed by atoms with E-state index in [0.717, 1.165) is 22.6 Å². The van der Waals surface area contributed by atoms with Crippen molar-refractivity contribution in [2.75, 3.05) is 17.7 Å². The molecule has 3 N–H and O–H groups in total. The fourth-order valence-electron chi connectivity index (χ4n) is 3.28. The smallest absolute Gasteiger partial charge is 0.303 e. The fraction of sp³-hybridized carbons (Fsp3) is 0.182. The Labute approximate surface area is 178 Å². The van der Waals surface area contributed by atoms with Crippen molar-refractivity contribution in [3.05, 3.63) is 71.8 Å². The van der Waals surface area contributed by atoms with Crippen LogP contribution >= 0.6 is 0 Å². The highest BCUT2D eigenvalue weighted by molar-refractivity contribution is 5.91. The molecule has 31 heavy (non-hydrogen) atoms. The number of nitrogens with one attached hydrogen (secondary N) is 2. The summed E-state index contributed by atoms with van der Waals surface area (Å²) in [6.45, 7) is 0. The van der Waals surface area contributed by atoms with Crippen LogP contribution in [0.15, 0.2) is 60.7 Å². The Hall–Kier alpha value is -4.14. The van der Waals surface area contributed by atoms with Crippen molar-refractivity contribution in [1.29, 1.82) is 0 Å². The molecule has 9 heteroatoms. The zero-order valence-corrected chi connectivity index (χ0v) is 16.8. The van der Waals surface area contributed by atoms with Crippen molar-refractivity contribution in [3.8, 4) is 5.75 Å². The van der Waals surface area contributed by atoms with Crippen LogP contribution in [0.4, 0.5) is 11.9 Å². The van der Waals surface area contributed by atoms with Crippen LogP contribution in [0.3, 0.4) is 0 Å². The lowest BCUT2D eigenvalue weighted by atomic mass is 10.0. The minimum atomic E-state index is -1.04. The summed E-state index contributed by atoms with van der Waals surface area (Å²) in [4.78, 5) is 27.1. The van der Waals surface area contributed by atoms with Gasteiger partial charge in [-0.05, 0) is 29.3 Å². The molecule has 0 saturated heterocycles. The number of aromatic nitrogens is 3. The topological polar surface area (TPSA) is 118 Å². The number of amides is 1. The number of methoxy groups -OCH3 is 1. The molecule has 2 heterocycles. The van der Waals surface area contributed by atoms with Crippen LogP contribution in [0.1, 0.15) is 30.0 Å². The maximum Gasteiger partial charge on any atom is 0.303 e. The Balaban J connectivity index is 1.66. The Morgan fingerprint density at radius 1 is 1.13 bits per heavy atom. The molecule has 1 aromatic heterocycles. The average molecular weight is 419 g/mol. The number of rotatable bonds is 7. The van der Waals surface area contributed by atoms with E-state index < -0.39 is 11.9 Å². The maximum atomic E-state index is 12.0. The van der Waals surface area contributed by atoms with Gasteiger partial charge in [-0.25, -0.2) is 4.68 Å². The number of allylic oxidation sites excluding steroid dienone is 1. The lowest BCUT2D eigenvalue weighted by Crippen LogP contribution is -2.20. The number of fused-ring (bicyclic) bond motifs is 1. The van der Waals surface area contributed by atoms with Crippen LogP contribution in [0.2, 0.25) is 0 Å². The molecule has 0 aliphatic carbocycles. The van der Waals surface area contributed by atoms with Crippen LogP contribution in [0.25, 0.3) is 5.70 Å². The molecule has 0 fully saturated rings. The third-order valence-corrected chi connectivity index (χ3v) is 4.83. The quantitative estimate of drug-likeness (QED) is 0.538. The first-order valence-corrected chi connectivity index (χ1v) is 9.70. The zero-order valence-electron chi connectivity index (χ0n) is 16.8. The van der Waals surface area contributed by atoms with Crippen LogP contribution < -0.4 is 15.4 Å². The molecule has 0 saturated carbocycles. The van der Waals surface area contributed by atoms with Gasteiger partial charge in [0.25, 0.3) is 5.95 Å². The first-order chi connectivity index (χ1) is 15.0. The summed E-state index contributed by atoms with van der Waals surface area (Å²) >= 11 is 0. The lowest BCUT2D eigenvalue weighted by molar-refractivity contribution is -0.138. The summed E-state index contributed by atoms with van der Waals surface area (Å²) < 4.78 is 6.93. The summed E-state index contributed by atoms with van der Waals surface area (Å²) in [6.07, 6.45) is 1.63. The highest BCUT2D eigenvalue weighted by Crippen LogP contribution is 2.33. The van der Waals surface area contributed by atoms with Crippen molar-refractivity contribution in [2.24, 2.45) is 0 Å². The Morgan fingerprint density at radius 2 is 1.87 bits per heavy atom. The Bertz CT molecular complexity index is 1120. The Kier molecular flexibility index (Phi) is 5.65. The fourth-order valence-corrected chi connectivity index (χ4v) is 3.28. The number of hydrogen-bond acceptors (Lipinski definition) is 6. The molecule has 3 aromatic rings. The van der Waals surface area contributed by atoms with E-state index >= 15 is 0 Å². The van der Waals surface area contributed by atoms with E-state index in [9.17, 15) is 9.59 Å². The van der Waals surface area contributed by atoms with E-state index in [0.29, 0.717) is 5.95 Å². The van der Waals surface area contributed by atoms with Gasteiger partial charge < -0.3 is 15.2 Å². The normalized spacial score (nSPS) is 14.7. The number of benzene rings is 2. The molecule has 0 unspecified atom stereocenters. The van der Waals surface area contributed by atoms with E-state index in [1.54, 1.807) is 11.8 Å². The van der Waals surface area contributed by atoms with Gasteiger partial charge in [0.2, 0.25) is 11.9 Å². The molecular weight excluding hydrogens is 398 g/mol. The van der Waals surface area contributed by atoms with Gasteiger partial charge in [-0.15, -0.1) is 5.10 Å². The number of nitrogens with zero attached hydrogens (tertiary/aromatic N) is 3. The predicted octanol–water partition coefficient (Wildman–Crippen LogP) is 3.15. The highest BCUT2D eigenvalue weighted by atomic mass is 16.5. The van der Waals surface area contributed by atoms with Gasteiger partial charge in [0.05, 0.1) is 13.5 Å². The van der Waals surface area contributed by atoms with Crippen molar-refractivity contribution in [1.82, 2.24) is 14.8 Å². The van der Waals surface area contributed by atoms with Crippen molar-refractivity contribution >= 4 is 29.5 Å². The van der Waals surface area contributed by atoms with Gasteiger partial charge in [-0.2, -0.15) is 4.98 Å². The molecular formula is C22H21N5O4. The summed E-state index contributed by atoms with van der Waals surface area (Å²) in [5.74, 6) is -0.169. The summed E-state index contributed by atoms with van der Waals surface area (Å²) in [6, 6.07) is 17.2. The maximum absolute atomic E-state index is 12.0. The summed E-state index contributed by atoms with van der Waals surface area (Å²) in [7, 11) is 1.61. The standard InChI is InChI=1S/C22H21N5O4/c1-31-16-9-7-15(8-10-16)18-13-17(14-5-3-2-4-6-14)23-22-25-21(26-27(18)22)24-19(28)11-12-20(29)30/h2-10,13,18H,11-12H2,1H3,(H,29,30)(H2,23,24,25,26,28)/t18-/m0/s1. The highest BCUT2D eigenvalue weighted by Gasteiger charge is 2.26. The van der Waals surface area contributed by atoms with E-state index in [1.165, 1.54) is 0 Å². The van der Waals surface area contributed by atoms with E-state index in [1.807, 2.05) is 60.7 Å². The molecule has 1 aliphatic rings. The Morgan fingerprint density at radius 3 is 2.55 bits per heavy atom. The van der Waals surface area contributed by atoms with Gasteiger partial charge in [0.15, 0.2) is 0 Å². The largest absolute Gasteiger partial charge is 0.497 e. The third kappa shape index (κ3) is 4.55. The van der Waals surface area contributed by atoms with Gasteiger partial charge in [0, 0.05) is 12.1 Å². The van der Waals surface area contributed by atoms with Crippen molar-refractivity contribution in [2.45, 2.75) is 18.9 Å². The molecule has 1 amide bonds. The monoisotopic (exact) mass is 419 g/mol. The van der Waals surface area contributed by atoms with Gasteiger partial charge in [-0.3, -0.25) is 14.9 Å². The lowest BCUT2D eigenvalue weighted by Gasteiger charge is -2.24. The predicted molar refractivity (Wildman–Crippen MR) is 115 cm³/mol. The second-order valence-corrected chi connectivity index (χ2v) is 6.93. The molecule has 1 atom stereocenters. The number of carboxylic acids is 1. The molecule has 4 rings (SSSR count). The van der Waals surface area contributed by atoms with E-state index in [4.69, 9.17) is 9.84 Å². The minimum Gasteiger partial charge on any atom is -0.497 e. The number of carbonyl (C=O) groups excluding carboxylic acids is 1. The van der Waals surface area contributed by atoms with Crippen LogP contribution in [-0.2, 0) is 9.59 Å². The minimum absolute atomic E-state index is 0.110. The van der Waals surface area contributed by atoms with Gasteiger partial charge in [0.1, 0.15) is 11.8 Å². The second-order valence-electron chi connectivity index (χ2n) is 6.93. The summed E-state index contributed by atoms with van der Waals surface area (Å²) in [5, 5.41) is 19.0. The van der Waals surface area contributed by atoms with E-state index in [-0.39, 0.29) is 24.8 Å². The zero-order chi connectivity index (χ0) is 21.8. The SMILES string of the molecule is COc1ccc([C@@H]2C=C(c3ccccc3)Nc3nc(NC(=O)CCC(=O)O)nn32)cc1. The van der Waals surface area contributed by atoms with Crippen LogP contribution in [-0.4, -0.2) is 38.9 Å².